The molecule has 2 rings (SSSR count). The van der Waals surface area contributed by atoms with Crippen molar-refractivity contribution in [3.8, 4) is 18.2 Å². The zero-order valence-electron chi connectivity index (χ0n) is 19.1. The summed E-state index contributed by atoms with van der Waals surface area (Å²) in [6.07, 6.45) is 6.33. The molecule has 1 aliphatic carbocycles. The van der Waals surface area contributed by atoms with E-state index in [4.69, 9.17) is 21.1 Å². The molecule has 0 spiro atoms. The second kappa shape index (κ2) is 9.74. The molecule has 2 aliphatic rings. The van der Waals surface area contributed by atoms with Crippen LogP contribution in [0.25, 0.3) is 0 Å². The van der Waals surface area contributed by atoms with E-state index in [9.17, 15) is 15.8 Å². The van der Waals surface area contributed by atoms with Gasteiger partial charge >= 0.3 is 0 Å². The topological polar surface area (TPSA) is 89.8 Å². The van der Waals surface area contributed by atoms with Gasteiger partial charge in [-0.3, -0.25) is 0 Å². The molecule has 6 heteroatoms. The van der Waals surface area contributed by atoms with Gasteiger partial charge in [-0.05, 0) is 56.1 Å². The molecule has 0 saturated heterocycles. The first kappa shape index (κ1) is 24.7. The molecule has 31 heavy (non-hydrogen) atoms. The Balaban J connectivity index is 2.51. The Bertz CT molecular complexity index is 945. The molecule has 0 radical (unpaired) electrons. The van der Waals surface area contributed by atoms with E-state index >= 15 is 0 Å². The van der Waals surface area contributed by atoms with Crippen molar-refractivity contribution in [1.82, 2.24) is 0 Å². The van der Waals surface area contributed by atoms with Crippen LogP contribution in [-0.4, -0.2) is 18.3 Å². The van der Waals surface area contributed by atoms with Crippen molar-refractivity contribution in [1.29, 1.82) is 15.8 Å². The summed E-state index contributed by atoms with van der Waals surface area (Å²) in [6, 6.07) is 6.02. The van der Waals surface area contributed by atoms with Crippen LogP contribution in [-0.2, 0) is 9.47 Å². The number of nitriles is 3. The van der Waals surface area contributed by atoms with E-state index < -0.39 is 17.6 Å². The molecule has 5 nitrogen and oxygen atoms in total. The molecule has 2 atom stereocenters. The summed E-state index contributed by atoms with van der Waals surface area (Å²) in [4.78, 5) is 0. The largest absolute Gasteiger partial charge is 0.501 e. The number of hydrogen-bond donors (Lipinski definition) is 0. The SMILES string of the molecule is CCO/C=C1\CC(C(C)(C)C)CC(/C=C/C2=C(C#N)C(C(C#N)C#N)OC2(C)C)=C1Cl. The zero-order valence-corrected chi connectivity index (χ0v) is 19.9. The average molecular weight is 440 g/mol. The quantitative estimate of drug-likeness (QED) is 0.484. The van der Waals surface area contributed by atoms with Crippen LogP contribution in [0.5, 0.6) is 0 Å². The molecular weight excluding hydrogens is 410 g/mol. The number of hydrogen-bond acceptors (Lipinski definition) is 5. The van der Waals surface area contributed by atoms with Crippen LogP contribution in [0.15, 0.2) is 45.7 Å². The van der Waals surface area contributed by atoms with E-state index in [0.29, 0.717) is 28.7 Å². The fraction of sp³-hybridized carbons (Fsp3) is 0.560. The third-order valence-electron chi connectivity index (χ3n) is 5.91. The van der Waals surface area contributed by atoms with Crippen LogP contribution in [0.4, 0.5) is 0 Å². The van der Waals surface area contributed by atoms with Crippen molar-refractivity contribution in [2.75, 3.05) is 6.61 Å². The number of ether oxygens (including phenoxy) is 2. The Hall–Kier alpha value is -2.52. The van der Waals surface area contributed by atoms with Gasteiger partial charge in [-0.1, -0.05) is 44.5 Å². The Morgan fingerprint density at radius 1 is 1.19 bits per heavy atom. The minimum absolute atomic E-state index is 0.0900. The van der Waals surface area contributed by atoms with Crippen LogP contribution < -0.4 is 0 Å². The van der Waals surface area contributed by atoms with Crippen molar-refractivity contribution < 1.29 is 9.47 Å². The molecule has 1 aliphatic heterocycles. The third-order valence-corrected chi connectivity index (χ3v) is 6.40. The summed E-state index contributed by atoms with van der Waals surface area (Å²) in [7, 11) is 0. The van der Waals surface area contributed by atoms with Gasteiger partial charge in [-0.15, -0.1) is 0 Å². The van der Waals surface area contributed by atoms with E-state index in [0.717, 1.165) is 24.0 Å². The molecule has 1 heterocycles. The van der Waals surface area contributed by atoms with E-state index in [1.165, 1.54) is 0 Å². The monoisotopic (exact) mass is 439 g/mol. The van der Waals surface area contributed by atoms with Crippen molar-refractivity contribution in [2.24, 2.45) is 17.3 Å². The Morgan fingerprint density at radius 2 is 1.84 bits per heavy atom. The first-order chi connectivity index (χ1) is 14.5. The number of rotatable bonds is 5. The number of allylic oxidation sites excluding steroid dienone is 4. The predicted molar refractivity (Wildman–Crippen MR) is 120 cm³/mol. The smallest absolute Gasteiger partial charge is 0.164 e. The highest BCUT2D eigenvalue weighted by molar-refractivity contribution is 6.32. The lowest BCUT2D eigenvalue weighted by molar-refractivity contribution is -0.0123. The van der Waals surface area contributed by atoms with Crippen molar-refractivity contribution in [3.05, 3.63) is 45.7 Å². The van der Waals surface area contributed by atoms with Crippen molar-refractivity contribution in [3.63, 3.8) is 0 Å². The summed E-state index contributed by atoms with van der Waals surface area (Å²) in [5.74, 6) is -0.656. The maximum Gasteiger partial charge on any atom is 0.164 e. The second-order valence-electron chi connectivity index (χ2n) is 9.47. The fourth-order valence-electron chi connectivity index (χ4n) is 3.94. The van der Waals surface area contributed by atoms with Gasteiger partial charge in [-0.25, -0.2) is 0 Å². The van der Waals surface area contributed by atoms with E-state index in [1.54, 1.807) is 6.26 Å². The Morgan fingerprint density at radius 3 is 2.35 bits per heavy atom. The van der Waals surface area contributed by atoms with Crippen LogP contribution in [0, 0.1) is 51.2 Å². The maximum absolute atomic E-state index is 9.75. The fourth-order valence-corrected chi connectivity index (χ4v) is 4.20. The van der Waals surface area contributed by atoms with Crippen molar-refractivity contribution in [2.45, 2.75) is 66.1 Å². The first-order valence-corrected chi connectivity index (χ1v) is 10.9. The van der Waals surface area contributed by atoms with E-state index in [-0.39, 0.29) is 5.41 Å². The summed E-state index contributed by atoms with van der Waals surface area (Å²) in [6.45, 7) is 12.8. The minimum atomic E-state index is -1.04. The van der Waals surface area contributed by atoms with Gasteiger partial charge < -0.3 is 9.47 Å². The summed E-state index contributed by atoms with van der Waals surface area (Å²) in [5, 5.41) is 29.0. The van der Waals surface area contributed by atoms with Gasteiger partial charge in [0.05, 0.1) is 47.3 Å². The zero-order chi connectivity index (χ0) is 23.4. The molecule has 0 saturated carbocycles. The third kappa shape index (κ3) is 5.40. The normalized spacial score (nSPS) is 25.1. The van der Waals surface area contributed by atoms with Crippen LogP contribution in [0.1, 0.15) is 54.4 Å². The van der Waals surface area contributed by atoms with E-state index in [2.05, 4.69) is 26.8 Å². The molecule has 2 unspecified atom stereocenters. The van der Waals surface area contributed by atoms with Gasteiger partial charge in [0, 0.05) is 5.57 Å². The van der Waals surface area contributed by atoms with Crippen molar-refractivity contribution >= 4 is 11.6 Å². The lowest BCUT2D eigenvalue weighted by atomic mass is 9.71. The second-order valence-corrected chi connectivity index (χ2v) is 9.84. The van der Waals surface area contributed by atoms with Gasteiger partial charge in [-0.2, -0.15) is 15.8 Å². The minimum Gasteiger partial charge on any atom is -0.501 e. The lowest BCUT2D eigenvalue weighted by Crippen LogP contribution is -2.28. The maximum atomic E-state index is 9.75. The summed E-state index contributed by atoms with van der Waals surface area (Å²) >= 11 is 6.73. The summed E-state index contributed by atoms with van der Waals surface area (Å²) in [5.41, 5.74) is 2.22. The number of nitrogens with zero attached hydrogens (tertiary/aromatic N) is 3. The predicted octanol–water partition coefficient (Wildman–Crippen LogP) is 6.07. The van der Waals surface area contributed by atoms with Gasteiger partial charge in [0.1, 0.15) is 6.10 Å². The van der Waals surface area contributed by atoms with E-state index in [1.807, 2.05) is 45.1 Å². The first-order valence-electron chi connectivity index (χ1n) is 10.5. The van der Waals surface area contributed by atoms with Gasteiger partial charge in [0.2, 0.25) is 0 Å². The standard InChI is InChI=1S/C25H30ClN3O2/c1-7-30-15-17-11-19(24(2,3)4)10-16(22(17)26)8-9-21-20(14-29)23(18(12-27)13-28)31-25(21,5)6/h8-9,15,18-19,23H,7,10-11H2,1-6H3/b9-8+,17-15+. The number of halogens is 1. The van der Waals surface area contributed by atoms with Crippen LogP contribution in [0.3, 0.4) is 0 Å². The highest BCUT2D eigenvalue weighted by Crippen LogP contribution is 2.45. The van der Waals surface area contributed by atoms with Crippen LogP contribution in [0.2, 0.25) is 0 Å². The molecule has 0 aromatic rings. The molecule has 0 N–H and O–H groups in total. The molecule has 0 aromatic carbocycles. The van der Waals surface area contributed by atoms with Gasteiger partial charge in [0.25, 0.3) is 0 Å². The molecule has 0 fully saturated rings. The highest BCUT2D eigenvalue weighted by Gasteiger charge is 2.43. The lowest BCUT2D eigenvalue weighted by Gasteiger charge is -2.35. The summed E-state index contributed by atoms with van der Waals surface area (Å²) < 4.78 is 11.5. The molecule has 0 aromatic heterocycles. The van der Waals surface area contributed by atoms with Crippen LogP contribution >= 0.6 is 11.6 Å². The Kier molecular flexibility index (Phi) is 7.77. The van der Waals surface area contributed by atoms with Gasteiger partial charge in [0.15, 0.2) is 5.92 Å². The molecule has 0 bridgehead atoms. The average Bonchev–Trinajstić information content (AvgIpc) is 2.95. The molecule has 164 valence electrons. The molecular formula is C25H30ClN3O2. The Labute approximate surface area is 190 Å². The highest BCUT2D eigenvalue weighted by atomic mass is 35.5. The molecule has 0 amide bonds.